The van der Waals surface area contributed by atoms with Gasteiger partial charge in [-0.3, -0.25) is 9.59 Å². The number of amides is 1. The topological polar surface area (TPSA) is 57.6 Å². The third-order valence-electron chi connectivity index (χ3n) is 2.62. The summed E-state index contributed by atoms with van der Waals surface area (Å²) in [6, 6.07) is 9.60. The quantitative estimate of drug-likeness (QED) is 0.842. The fraction of sp³-hybridized carbons (Fsp3) is 0.385. The number of aliphatic carboxylic acids is 1. The Morgan fingerprint density at radius 2 is 1.88 bits per heavy atom. The molecule has 0 aliphatic heterocycles. The molecule has 1 unspecified atom stereocenters. The molecule has 0 heterocycles. The number of carbonyl (C=O) groups is 2. The molecule has 0 spiro atoms. The van der Waals surface area contributed by atoms with Crippen molar-refractivity contribution in [1.29, 1.82) is 0 Å². The Bertz CT molecular complexity index is 389. The summed E-state index contributed by atoms with van der Waals surface area (Å²) in [5.74, 6) is -1.20. The summed E-state index contributed by atoms with van der Waals surface area (Å²) in [5.41, 5.74) is 1.09. The van der Waals surface area contributed by atoms with Gasteiger partial charge in [0.05, 0.1) is 0 Å². The zero-order valence-corrected chi connectivity index (χ0v) is 10.1. The van der Waals surface area contributed by atoms with E-state index in [-0.39, 0.29) is 18.5 Å². The van der Waals surface area contributed by atoms with Crippen LogP contribution in [0.2, 0.25) is 0 Å². The van der Waals surface area contributed by atoms with E-state index in [9.17, 15) is 9.59 Å². The molecule has 17 heavy (non-hydrogen) atoms. The van der Waals surface area contributed by atoms with Gasteiger partial charge in [0.25, 0.3) is 0 Å². The molecular formula is C13H17NO3. The van der Waals surface area contributed by atoms with Gasteiger partial charge in [0.1, 0.15) is 6.54 Å². The monoisotopic (exact) mass is 235 g/mol. The predicted octanol–water partition coefficient (Wildman–Crippen LogP) is 1.55. The Hall–Kier alpha value is -1.84. The molecule has 0 fully saturated rings. The van der Waals surface area contributed by atoms with Crippen LogP contribution in [0.5, 0.6) is 0 Å². The van der Waals surface area contributed by atoms with Gasteiger partial charge >= 0.3 is 5.97 Å². The lowest BCUT2D eigenvalue weighted by molar-refractivity contribution is -0.145. The minimum absolute atomic E-state index is 0.119. The summed E-state index contributed by atoms with van der Waals surface area (Å²) in [4.78, 5) is 23.4. The van der Waals surface area contributed by atoms with E-state index in [1.54, 1.807) is 0 Å². The Balaban J connectivity index is 2.68. The summed E-state index contributed by atoms with van der Waals surface area (Å²) in [5, 5.41) is 8.75. The molecule has 1 aromatic rings. The van der Waals surface area contributed by atoms with Crippen molar-refractivity contribution in [3.63, 3.8) is 0 Å². The van der Waals surface area contributed by atoms with Gasteiger partial charge in [-0.1, -0.05) is 30.3 Å². The average Bonchev–Trinajstić information content (AvgIpc) is 2.26. The number of rotatable bonds is 5. The zero-order valence-electron chi connectivity index (χ0n) is 10.1. The number of hydrogen-bond donors (Lipinski definition) is 1. The van der Waals surface area contributed by atoms with E-state index in [1.165, 1.54) is 11.8 Å². The highest BCUT2D eigenvalue weighted by atomic mass is 16.4. The van der Waals surface area contributed by atoms with Crippen molar-refractivity contribution >= 4 is 11.9 Å². The zero-order chi connectivity index (χ0) is 12.8. The van der Waals surface area contributed by atoms with E-state index in [4.69, 9.17) is 5.11 Å². The Morgan fingerprint density at radius 3 is 2.35 bits per heavy atom. The second-order valence-electron chi connectivity index (χ2n) is 4.08. The van der Waals surface area contributed by atoms with Crippen molar-refractivity contribution in [3.8, 4) is 0 Å². The number of nitrogens with zero attached hydrogens (tertiary/aromatic N) is 1. The van der Waals surface area contributed by atoms with Crippen molar-refractivity contribution in [2.24, 2.45) is 0 Å². The maximum Gasteiger partial charge on any atom is 0.323 e. The van der Waals surface area contributed by atoms with Crippen molar-refractivity contribution < 1.29 is 14.7 Å². The molecule has 0 saturated heterocycles. The van der Waals surface area contributed by atoms with Crippen LogP contribution in [0.4, 0.5) is 0 Å². The van der Waals surface area contributed by atoms with Crippen LogP contribution >= 0.6 is 0 Å². The normalized spacial score (nSPS) is 11.9. The van der Waals surface area contributed by atoms with Gasteiger partial charge in [0, 0.05) is 13.0 Å². The highest BCUT2D eigenvalue weighted by Gasteiger charge is 2.19. The summed E-state index contributed by atoms with van der Waals surface area (Å²) in [7, 11) is 0. The van der Waals surface area contributed by atoms with Crippen LogP contribution < -0.4 is 0 Å². The van der Waals surface area contributed by atoms with Gasteiger partial charge < -0.3 is 10.0 Å². The fourth-order valence-electron chi connectivity index (χ4n) is 1.79. The van der Waals surface area contributed by atoms with Crippen LogP contribution in [0.1, 0.15) is 19.4 Å². The number of hydrogen-bond acceptors (Lipinski definition) is 2. The lowest BCUT2D eigenvalue weighted by atomic mass is 10.1. The molecule has 0 aliphatic rings. The second-order valence-corrected chi connectivity index (χ2v) is 4.08. The number of carbonyl (C=O) groups excluding carboxylic acids is 1. The first-order valence-corrected chi connectivity index (χ1v) is 5.53. The van der Waals surface area contributed by atoms with Gasteiger partial charge in [-0.15, -0.1) is 0 Å². The molecule has 0 saturated carbocycles. The van der Waals surface area contributed by atoms with Gasteiger partial charge in [-0.2, -0.15) is 0 Å². The summed E-state index contributed by atoms with van der Waals surface area (Å²) in [6.07, 6.45) is 0.660. The highest BCUT2D eigenvalue weighted by Crippen LogP contribution is 2.08. The standard InChI is InChI=1S/C13H17NO3/c1-10(8-12-6-4-3-5-7-12)14(11(2)15)9-13(16)17/h3-7,10H,8-9H2,1-2H3,(H,16,17). The molecule has 4 heteroatoms. The van der Waals surface area contributed by atoms with Crippen molar-refractivity contribution in [2.75, 3.05) is 6.54 Å². The van der Waals surface area contributed by atoms with Gasteiger partial charge in [0.15, 0.2) is 0 Å². The smallest absolute Gasteiger partial charge is 0.323 e. The van der Waals surface area contributed by atoms with Crippen LogP contribution in [0.25, 0.3) is 0 Å². The molecule has 0 aliphatic carbocycles. The van der Waals surface area contributed by atoms with Crippen molar-refractivity contribution in [3.05, 3.63) is 35.9 Å². The first-order valence-electron chi connectivity index (χ1n) is 5.53. The van der Waals surface area contributed by atoms with Crippen LogP contribution in [0.15, 0.2) is 30.3 Å². The summed E-state index contributed by atoms with van der Waals surface area (Å²) in [6.45, 7) is 3.01. The van der Waals surface area contributed by atoms with Gasteiger partial charge in [-0.05, 0) is 18.9 Å². The van der Waals surface area contributed by atoms with Crippen LogP contribution in [0.3, 0.4) is 0 Å². The molecule has 92 valence electrons. The molecule has 1 rings (SSSR count). The SMILES string of the molecule is CC(=O)N(CC(=O)O)C(C)Cc1ccccc1. The molecule has 1 atom stereocenters. The van der Waals surface area contributed by atoms with Crippen LogP contribution in [0, 0.1) is 0 Å². The Morgan fingerprint density at radius 1 is 1.29 bits per heavy atom. The molecular weight excluding hydrogens is 218 g/mol. The van der Waals surface area contributed by atoms with E-state index in [2.05, 4.69) is 0 Å². The minimum Gasteiger partial charge on any atom is -0.480 e. The van der Waals surface area contributed by atoms with E-state index >= 15 is 0 Å². The fourth-order valence-corrected chi connectivity index (χ4v) is 1.79. The lowest BCUT2D eigenvalue weighted by Crippen LogP contribution is -2.41. The first kappa shape index (κ1) is 13.2. The van der Waals surface area contributed by atoms with Crippen LogP contribution in [-0.2, 0) is 16.0 Å². The molecule has 4 nitrogen and oxygen atoms in total. The molecule has 0 bridgehead atoms. The maximum absolute atomic E-state index is 11.4. The highest BCUT2D eigenvalue weighted by molar-refractivity contribution is 5.79. The van der Waals surface area contributed by atoms with E-state index in [1.807, 2.05) is 37.3 Å². The Labute approximate surface area is 101 Å². The van der Waals surface area contributed by atoms with Gasteiger partial charge in [0.2, 0.25) is 5.91 Å². The van der Waals surface area contributed by atoms with Crippen LogP contribution in [-0.4, -0.2) is 34.5 Å². The van der Waals surface area contributed by atoms with E-state index in [0.29, 0.717) is 6.42 Å². The minimum atomic E-state index is -0.986. The molecule has 0 aromatic heterocycles. The average molecular weight is 235 g/mol. The molecule has 1 aromatic carbocycles. The molecule has 0 radical (unpaired) electrons. The third kappa shape index (κ3) is 4.26. The summed E-state index contributed by atoms with van der Waals surface area (Å²) >= 11 is 0. The van der Waals surface area contributed by atoms with E-state index < -0.39 is 5.97 Å². The maximum atomic E-state index is 11.4. The summed E-state index contributed by atoms with van der Waals surface area (Å²) < 4.78 is 0. The first-order chi connectivity index (χ1) is 8.00. The van der Waals surface area contributed by atoms with Crippen molar-refractivity contribution in [1.82, 2.24) is 4.90 Å². The molecule has 1 amide bonds. The predicted molar refractivity (Wildman–Crippen MR) is 64.6 cm³/mol. The third-order valence-corrected chi connectivity index (χ3v) is 2.62. The number of carboxylic acid groups (broad SMARTS) is 1. The lowest BCUT2D eigenvalue weighted by Gasteiger charge is -2.26. The van der Waals surface area contributed by atoms with E-state index in [0.717, 1.165) is 5.56 Å². The van der Waals surface area contributed by atoms with Crippen molar-refractivity contribution in [2.45, 2.75) is 26.3 Å². The van der Waals surface area contributed by atoms with Gasteiger partial charge in [-0.25, -0.2) is 0 Å². The molecule has 1 N–H and O–H groups in total. The number of carboxylic acids is 1. The number of benzene rings is 1. The second kappa shape index (κ2) is 6.03. The Kier molecular flexibility index (Phi) is 4.69. The largest absolute Gasteiger partial charge is 0.480 e.